The maximum absolute atomic E-state index is 3.53. The minimum atomic E-state index is 0.376. The van der Waals surface area contributed by atoms with Gasteiger partial charge in [0, 0.05) is 17.1 Å². The van der Waals surface area contributed by atoms with Crippen molar-refractivity contribution in [2.45, 2.75) is 33.6 Å². The van der Waals surface area contributed by atoms with Gasteiger partial charge in [-0.1, -0.05) is 39.0 Å². The molecule has 1 aromatic carbocycles. The molecule has 0 bridgehead atoms. The van der Waals surface area contributed by atoms with Crippen molar-refractivity contribution in [2.24, 2.45) is 5.41 Å². The molecule has 18 heavy (non-hydrogen) atoms. The van der Waals surface area contributed by atoms with Gasteiger partial charge in [-0.25, -0.2) is 0 Å². The van der Waals surface area contributed by atoms with E-state index < -0.39 is 0 Å². The Kier molecular flexibility index (Phi) is 4.07. The fraction of sp³-hybridized carbons (Fsp3) is 0.500. The first-order chi connectivity index (χ1) is 8.56. The van der Waals surface area contributed by atoms with Crippen molar-refractivity contribution in [3.8, 4) is 0 Å². The summed E-state index contributed by atoms with van der Waals surface area (Å²) in [5, 5.41) is 4.89. The van der Waals surface area contributed by atoms with Crippen molar-refractivity contribution in [1.29, 1.82) is 0 Å². The first-order valence-electron chi connectivity index (χ1n) is 6.82. The van der Waals surface area contributed by atoms with Gasteiger partial charge in [0.05, 0.1) is 0 Å². The van der Waals surface area contributed by atoms with Crippen LogP contribution in [0.5, 0.6) is 0 Å². The molecular weight excluding hydrogens is 220 g/mol. The quantitative estimate of drug-likeness (QED) is 0.771. The molecule has 0 aliphatic rings. The molecule has 0 spiro atoms. The molecular formula is C16H24N2. The lowest BCUT2D eigenvalue weighted by molar-refractivity contribution is 0.379. The smallest absolute Gasteiger partial charge is 0.0456 e. The van der Waals surface area contributed by atoms with Crippen LogP contribution in [-0.2, 0) is 6.42 Å². The lowest BCUT2D eigenvalue weighted by atomic mass is 9.97. The summed E-state index contributed by atoms with van der Waals surface area (Å²) in [7, 11) is 0. The third kappa shape index (κ3) is 3.61. The molecule has 2 aromatic rings. The van der Waals surface area contributed by atoms with Gasteiger partial charge >= 0.3 is 0 Å². The van der Waals surface area contributed by atoms with E-state index in [-0.39, 0.29) is 0 Å². The van der Waals surface area contributed by atoms with E-state index >= 15 is 0 Å². The summed E-state index contributed by atoms with van der Waals surface area (Å²) in [6.07, 6.45) is 4.48. The maximum atomic E-state index is 3.53. The van der Waals surface area contributed by atoms with Gasteiger partial charge in [0.15, 0.2) is 0 Å². The SMILES string of the molecule is CC(C)(C)CNCCCc1c[nH]c2ccccc12. The van der Waals surface area contributed by atoms with E-state index in [0.717, 1.165) is 19.5 Å². The maximum Gasteiger partial charge on any atom is 0.0456 e. The van der Waals surface area contributed by atoms with E-state index in [1.807, 2.05) is 0 Å². The number of rotatable bonds is 5. The van der Waals surface area contributed by atoms with E-state index in [2.05, 4.69) is 61.5 Å². The number of H-pyrrole nitrogens is 1. The fourth-order valence-corrected chi connectivity index (χ4v) is 2.21. The van der Waals surface area contributed by atoms with Crippen LogP contribution in [0.25, 0.3) is 10.9 Å². The van der Waals surface area contributed by atoms with Gasteiger partial charge in [0.25, 0.3) is 0 Å². The Balaban J connectivity index is 1.80. The van der Waals surface area contributed by atoms with Crippen molar-refractivity contribution in [3.05, 3.63) is 36.0 Å². The van der Waals surface area contributed by atoms with Crippen LogP contribution in [0.2, 0.25) is 0 Å². The second-order valence-corrected chi connectivity index (χ2v) is 6.20. The first-order valence-corrected chi connectivity index (χ1v) is 6.82. The number of fused-ring (bicyclic) bond motifs is 1. The summed E-state index contributed by atoms with van der Waals surface area (Å²) in [6, 6.07) is 8.52. The minimum Gasteiger partial charge on any atom is -0.361 e. The van der Waals surface area contributed by atoms with Gasteiger partial charge in [-0.3, -0.25) is 0 Å². The highest BCUT2D eigenvalue weighted by atomic mass is 14.9. The third-order valence-corrected chi connectivity index (χ3v) is 3.13. The van der Waals surface area contributed by atoms with Gasteiger partial charge in [0.1, 0.15) is 0 Å². The third-order valence-electron chi connectivity index (χ3n) is 3.13. The standard InChI is InChI=1S/C16H24N2/c1-16(2,3)12-17-10-6-7-13-11-18-15-9-5-4-8-14(13)15/h4-5,8-9,11,17-18H,6-7,10,12H2,1-3H3. The highest BCUT2D eigenvalue weighted by Gasteiger charge is 2.08. The first kappa shape index (κ1) is 13.2. The van der Waals surface area contributed by atoms with Crippen LogP contribution in [0.4, 0.5) is 0 Å². The number of aryl methyl sites for hydroxylation is 1. The van der Waals surface area contributed by atoms with E-state index in [1.54, 1.807) is 0 Å². The Morgan fingerprint density at radius 1 is 1.17 bits per heavy atom. The van der Waals surface area contributed by atoms with E-state index in [4.69, 9.17) is 0 Å². The van der Waals surface area contributed by atoms with E-state index in [9.17, 15) is 0 Å². The normalized spacial score (nSPS) is 12.2. The molecule has 0 aliphatic carbocycles. The van der Waals surface area contributed by atoms with Crippen LogP contribution in [0.1, 0.15) is 32.8 Å². The molecule has 0 saturated carbocycles. The molecule has 2 heteroatoms. The highest BCUT2D eigenvalue weighted by molar-refractivity contribution is 5.82. The van der Waals surface area contributed by atoms with E-state index in [1.165, 1.54) is 22.9 Å². The predicted octanol–water partition coefficient (Wildman–Crippen LogP) is 3.74. The number of nitrogens with one attached hydrogen (secondary N) is 2. The van der Waals surface area contributed by atoms with Gasteiger partial charge in [-0.15, -0.1) is 0 Å². The molecule has 2 rings (SSSR count). The zero-order valence-corrected chi connectivity index (χ0v) is 11.7. The molecule has 0 unspecified atom stereocenters. The van der Waals surface area contributed by atoms with Crippen LogP contribution in [0, 0.1) is 5.41 Å². The molecule has 2 N–H and O–H groups in total. The molecule has 0 fully saturated rings. The summed E-state index contributed by atoms with van der Waals surface area (Å²) in [6.45, 7) is 8.97. The Labute approximate surface area is 110 Å². The molecule has 0 atom stereocenters. The van der Waals surface area contributed by atoms with Crippen LogP contribution in [0.3, 0.4) is 0 Å². The van der Waals surface area contributed by atoms with Crippen LogP contribution < -0.4 is 5.32 Å². The van der Waals surface area contributed by atoms with E-state index in [0.29, 0.717) is 5.41 Å². The minimum absolute atomic E-state index is 0.376. The summed E-state index contributed by atoms with van der Waals surface area (Å²) >= 11 is 0. The Hall–Kier alpha value is -1.28. The molecule has 2 nitrogen and oxygen atoms in total. The van der Waals surface area contributed by atoms with Crippen molar-refractivity contribution in [1.82, 2.24) is 10.3 Å². The van der Waals surface area contributed by atoms with Gasteiger partial charge in [-0.05, 0) is 43.0 Å². The van der Waals surface area contributed by atoms with Gasteiger partial charge in [0.2, 0.25) is 0 Å². The van der Waals surface area contributed by atoms with Crippen LogP contribution in [0.15, 0.2) is 30.5 Å². The highest BCUT2D eigenvalue weighted by Crippen LogP contribution is 2.18. The molecule has 98 valence electrons. The Morgan fingerprint density at radius 3 is 2.72 bits per heavy atom. The summed E-state index contributed by atoms with van der Waals surface area (Å²) in [5.41, 5.74) is 3.05. The number of aromatic amines is 1. The molecule has 0 saturated heterocycles. The second-order valence-electron chi connectivity index (χ2n) is 6.20. The number of benzene rings is 1. The van der Waals surface area contributed by atoms with Crippen molar-refractivity contribution < 1.29 is 0 Å². The lowest BCUT2D eigenvalue weighted by Crippen LogP contribution is -2.27. The predicted molar refractivity (Wildman–Crippen MR) is 78.9 cm³/mol. The van der Waals surface area contributed by atoms with Gasteiger partial charge < -0.3 is 10.3 Å². The largest absolute Gasteiger partial charge is 0.361 e. The molecule has 0 amide bonds. The summed E-state index contributed by atoms with van der Waals surface area (Å²) < 4.78 is 0. The summed E-state index contributed by atoms with van der Waals surface area (Å²) in [5.74, 6) is 0. The molecule has 0 radical (unpaired) electrons. The molecule has 1 heterocycles. The molecule has 1 aromatic heterocycles. The molecule has 0 aliphatic heterocycles. The van der Waals surface area contributed by atoms with Crippen LogP contribution >= 0.6 is 0 Å². The zero-order valence-electron chi connectivity index (χ0n) is 11.7. The number of aromatic nitrogens is 1. The van der Waals surface area contributed by atoms with Crippen LogP contribution in [-0.4, -0.2) is 18.1 Å². The number of hydrogen-bond acceptors (Lipinski definition) is 1. The monoisotopic (exact) mass is 244 g/mol. The Bertz CT molecular complexity index is 491. The fourth-order valence-electron chi connectivity index (χ4n) is 2.21. The second kappa shape index (κ2) is 5.57. The summed E-state index contributed by atoms with van der Waals surface area (Å²) in [4.78, 5) is 3.33. The zero-order chi connectivity index (χ0) is 13.0. The lowest BCUT2D eigenvalue weighted by Gasteiger charge is -2.18. The van der Waals surface area contributed by atoms with Gasteiger partial charge in [-0.2, -0.15) is 0 Å². The average molecular weight is 244 g/mol. The number of hydrogen-bond donors (Lipinski definition) is 2. The topological polar surface area (TPSA) is 27.8 Å². The number of para-hydroxylation sites is 1. The average Bonchev–Trinajstić information content (AvgIpc) is 2.71. The Morgan fingerprint density at radius 2 is 1.94 bits per heavy atom. The van der Waals surface area contributed by atoms with Crippen molar-refractivity contribution >= 4 is 10.9 Å². The van der Waals surface area contributed by atoms with Crippen molar-refractivity contribution in [3.63, 3.8) is 0 Å². The van der Waals surface area contributed by atoms with Crippen molar-refractivity contribution in [2.75, 3.05) is 13.1 Å².